The number of nitrogens with zero attached hydrogens (tertiary/aromatic N) is 1. The number of Topliss-reactive ketones (excluding diaryl/α,β-unsaturated/α-hetero) is 1. The second-order valence-electron chi connectivity index (χ2n) is 9.93. The van der Waals surface area contributed by atoms with E-state index >= 15 is 0 Å². The summed E-state index contributed by atoms with van der Waals surface area (Å²) in [6, 6.07) is 11.7. The van der Waals surface area contributed by atoms with Gasteiger partial charge in [0.15, 0.2) is 5.78 Å². The molecule has 0 aromatic heterocycles. The summed E-state index contributed by atoms with van der Waals surface area (Å²) in [5.74, 6) is -1.99. The van der Waals surface area contributed by atoms with Gasteiger partial charge in [0, 0.05) is 23.3 Å². The molecule has 0 spiro atoms. The number of anilines is 2. The molecular formula is C27H29F3N2O3. The van der Waals surface area contributed by atoms with E-state index < -0.39 is 23.5 Å². The summed E-state index contributed by atoms with van der Waals surface area (Å²) in [7, 11) is 0. The van der Waals surface area contributed by atoms with Crippen molar-refractivity contribution in [3.63, 3.8) is 0 Å². The lowest BCUT2D eigenvalue weighted by Crippen LogP contribution is -2.45. The first kappa shape index (κ1) is 24.8. The molecule has 4 rings (SSSR count). The Kier molecular flexibility index (Phi) is 6.42. The van der Waals surface area contributed by atoms with E-state index in [0.29, 0.717) is 40.4 Å². The summed E-state index contributed by atoms with van der Waals surface area (Å²) < 4.78 is 48.1. The minimum absolute atomic E-state index is 0.0539. The summed E-state index contributed by atoms with van der Waals surface area (Å²) in [5.41, 5.74) is 1.03. The molecule has 2 unspecified atom stereocenters. The molecule has 0 radical (unpaired) electrons. The number of para-hydroxylation sites is 3. The number of alkyl halides is 3. The van der Waals surface area contributed by atoms with E-state index in [0.717, 1.165) is 0 Å². The Morgan fingerprint density at radius 1 is 1.14 bits per heavy atom. The van der Waals surface area contributed by atoms with Gasteiger partial charge in [-0.25, -0.2) is 0 Å². The predicted molar refractivity (Wildman–Crippen MR) is 128 cm³/mol. The monoisotopic (exact) mass is 486 g/mol. The lowest BCUT2D eigenvalue weighted by atomic mass is 9.73. The summed E-state index contributed by atoms with van der Waals surface area (Å²) >= 11 is 0. The van der Waals surface area contributed by atoms with Crippen LogP contribution in [0.1, 0.15) is 58.6 Å². The number of hydrogen-bond acceptors (Lipinski definition) is 4. The SMILES string of the molecule is CCC(C)Oc1ccccc1C1C2=C(CC(C)(C)CC2=O)Nc2ccccc2N1C(=O)C(F)(F)F. The quantitative estimate of drug-likeness (QED) is 0.531. The van der Waals surface area contributed by atoms with E-state index in [9.17, 15) is 22.8 Å². The van der Waals surface area contributed by atoms with Crippen LogP contribution < -0.4 is 15.0 Å². The second kappa shape index (κ2) is 9.06. The van der Waals surface area contributed by atoms with Crippen LogP contribution in [-0.2, 0) is 9.59 Å². The minimum Gasteiger partial charge on any atom is -0.490 e. The molecule has 0 saturated heterocycles. The van der Waals surface area contributed by atoms with E-state index in [1.807, 2.05) is 27.7 Å². The number of ether oxygens (including phenoxy) is 1. The molecule has 2 aliphatic rings. The molecule has 35 heavy (non-hydrogen) atoms. The van der Waals surface area contributed by atoms with E-state index in [4.69, 9.17) is 4.74 Å². The standard InChI is InChI=1S/C27H29F3N2O3/c1-5-16(2)35-22-13-9-6-10-17(22)24-23-19(14-26(3,4)15-21(23)33)31-18-11-7-8-12-20(18)32(24)25(34)27(28,29)30/h6-13,16,24,31H,5,14-15H2,1-4H3. The molecule has 186 valence electrons. The fourth-order valence-electron chi connectivity index (χ4n) is 4.76. The van der Waals surface area contributed by atoms with E-state index in [1.165, 1.54) is 6.07 Å². The molecule has 0 fully saturated rings. The molecule has 0 saturated carbocycles. The van der Waals surface area contributed by atoms with Crippen molar-refractivity contribution in [2.24, 2.45) is 5.41 Å². The first-order valence-corrected chi connectivity index (χ1v) is 11.7. The Morgan fingerprint density at radius 3 is 2.49 bits per heavy atom. The number of hydrogen-bond donors (Lipinski definition) is 1. The van der Waals surface area contributed by atoms with Crippen molar-refractivity contribution in [1.29, 1.82) is 0 Å². The maximum absolute atomic E-state index is 14.0. The van der Waals surface area contributed by atoms with Crippen molar-refractivity contribution in [1.82, 2.24) is 0 Å². The number of halogens is 3. The van der Waals surface area contributed by atoms with E-state index in [2.05, 4.69) is 5.32 Å². The first-order valence-electron chi connectivity index (χ1n) is 11.7. The van der Waals surface area contributed by atoms with Crippen LogP contribution in [0.15, 0.2) is 59.8 Å². The van der Waals surface area contributed by atoms with E-state index in [-0.39, 0.29) is 29.6 Å². The van der Waals surface area contributed by atoms with Crippen LogP contribution in [0, 0.1) is 5.41 Å². The van der Waals surface area contributed by atoms with Gasteiger partial charge in [0.05, 0.1) is 23.5 Å². The number of amides is 1. The average molecular weight is 487 g/mol. The van der Waals surface area contributed by atoms with Gasteiger partial charge in [-0.05, 0) is 43.4 Å². The Bertz CT molecular complexity index is 1190. The average Bonchev–Trinajstić information content (AvgIpc) is 2.91. The maximum Gasteiger partial charge on any atom is 0.471 e. The summed E-state index contributed by atoms with van der Waals surface area (Å²) in [6.45, 7) is 7.69. The third kappa shape index (κ3) is 4.79. The van der Waals surface area contributed by atoms with Crippen molar-refractivity contribution >= 4 is 23.1 Å². The number of nitrogens with one attached hydrogen (secondary N) is 1. The fraction of sp³-hybridized carbons (Fsp3) is 0.407. The Balaban J connectivity index is 2.04. The van der Waals surface area contributed by atoms with Crippen molar-refractivity contribution in [2.75, 3.05) is 10.2 Å². The zero-order valence-corrected chi connectivity index (χ0v) is 20.2. The molecule has 5 nitrogen and oxygen atoms in total. The van der Waals surface area contributed by atoms with Gasteiger partial charge in [-0.2, -0.15) is 13.2 Å². The lowest BCUT2D eigenvalue weighted by Gasteiger charge is -2.37. The second-order valence-corrected chi connectivity index (χ2v) is 9.93. The number of fused-ring (bicyclic) bond motifs is 1. The highest BCUT2D eigenvalue weighted by atomic mass is 19.4. The van der Waals surface area contributed by atoms with Gasteiger partial charge in [-0.1, -0.05) is 51.1 Å². The summed E-state index contributed by atoms with van der Waals surface area (Å²) in [4.78, 5) is 27.3. The highest BCUT2D eigenvalue weighted by molar-refractivity contribution is 6.07. The normalized spacial score (nSPS) is 20.4. The van der Waals surface area contributed by atoms with E-state index in [1.54, 1.807) is 42.5 Å². The van der Waals surface area contributed by atoms with Gasteiger partial charge in [-0.15, -0.1) is 0 Å². The van der Waals surface area contributed by atoms with Gasteiger partial charge < -0.3 is 10.1 Å². The third-order valence-electron chi connectivity index (χ3n) is 6.48. The number of ketones is 1. The van der Waals surface area contributed by atoms with Crippen LogP contribution in [0.5, 0.6) is 5.75 Å². The molecule has 2 aromatic rings. The fourth-order valence-corrected chi connectivity index (χ4v) is 4.76. The minimum atomic E-state index is -5.15. The van der Waals surface area contributed by atoms with Gasteiger partial charge in [0.1, 0.15) is 5.75 Å². The van der Waals surface area contributed by atoms with Crippen LogP contribution in [0.4, 0.5) is 24.5 Å². The number of carbonyl (C=O) groups excluding carboxylic acids is 2. The Labute approximate surface area is 203 Å². The molecule has 8 heteroatoms. The number of carbonyl (C=O) groups is 2. The van der Waals surface area contributed by atoms with Crippen LogP contribution in [0.25, 0.3) is 0 Å². The lowest BCUT2D eigenvalue weighted by molar-refractivity contribution is -0.170. The highest BCUT2D eigenvalue weighted by Gasteiger charge is 2.51. The van der Waals surface area contributed by atoms with Crippen LogP contribution in [0.3, 0.4) is 0 Å². The molecule has 1 aliphatic heterocycles. The van der Waals surface area contributed by atoms with Gasteiger partial charge in [0.2, 0.25) is 0 Å². The van der Waals surface area contributed by atoms with Crippen LogP contribution >= 0.6 is 0 Å². The zero-order valence-electron chi connectivity index (χ0n) is 20.2. The summed E-state index contributed by atoms with van der Waals surface area (Å²) in [6.07, 6.45) is -4.09. The Morgan fingerprint density at radius 2 is 1.80 bits per heavy atom. The predicted octanol–water partition coefficient (Wildman–Crippen LogP) is 6.57. The molecule has 0 bridgehead atoms. The first-order chi connectivity index (χ1) is 16.4. The van der Waals surface area contributed by atoms with Crippen LogP contribution in [0.2, 0.25) is 0 Å². The topological polar surface area (TPSA) is 58.6 Å². The number of allylic oxidation sites excluding steroid dienone is 1. The van der Waals surface area contributed by atoms with Crippen LogP contribution in [-0.4, -0.2) is 24.0 Å². The third-order valence-corrected chi connectivity index (χ3v) is 6.48. The molecule has 1 aliphatic carbocycles. The smallest absolute Gasteiger partial charge is 0.471 e. The Hall–Kier alpha value is -3.29. The summed E-state index contributed by atoms with van der Waals surface area (Å²) in [5, 5.41) is 3.21. The van der Waals surface area contributed by atoms with Crippen molar-refractivity contribution in [3.05, 3.63) is 65.4 Å². The molecule has 1 N–H and O–H groups in total. The van der Waals surface area contributed by atoms with Crippen molar-refractivity contribution in [2.45, 2.75) is 65.3 Å². The van der Waals surface area contributed by atoms with Gasteiger partial charge in [0.25, 0.3) is 0 Å². The molecule has 2 atom stereocenters. The largest absolute Gasteiger partial charge is 0.490 e. The van der Waals surface area contributed by atoms with Gasteiger partial charge >= 0.3 is 12.1 Å². The molecular weight excluding hydrogens is 457 g/mol. The zero-order chi connectivity index (χ0) is 25.5. The molecule has 2 aromatic carbocycles. The molecule has 1 amide bonds. The van der Waals surface area contributed by atoms with Crippen molar-refractivity contribution < 1.29 is 27.5 Å². The van der Waals surface area contributed by atoms with Crippen molar-refractivity contribution in [3.8, 4) is 5.75 Å². The van der Waals surface area contributed by atoms with Gasteiger partial charge in [-0.3, -0.25) is 14.5 Å². The number of rotatable bonds is 4. The number of benzene rings is 2. The highest BCUT2D eigenvalue weighted by Crippen LogP contribution is 2.50. The maximum atomic E-state index is 14.0. The molecule has 1 heterocycles.